The van der Waals surface area contributed by atoms with Crippen LogP contribution in [0.15, 0.2) is 60.3 Å². The summed E-state index contributed by atoms with van der Waals surface area (Å²) in [6, 6.07) is 16.3. The molecule has 2 aromatic carbocycles. The van der Waals surface area contributed by atoms with Crippen molar-refractivity contribution in [2.24, 2.45) is 5.92 Å². The van der Waals surface area contributed by atoms with Crippen LogP contribution in [0.5, 0.6) is 5.75 Å². The molecule has 1 heterocycles. The molecule has 1 aliphatic rings. The first kappa shape index (κ1) is 21.8. The molecule has 1 saturated heterocycles. The van der Waals surface area contributed by atoms with Crippen LogP contribution in [0.2, 0.25) is 0 Å². The molecule has 1 aliphatic heterocycles. The fourth-order valence-electron chi connectivity index (χ4n) is 3.67. The first-order valence-electron chi connectivity index (χ1n) is 10.0. The van der Waals surface area contributed by atoms with Crippen molar-refractivity contribution >= 4 is 17.3 Å². The molecule has 0 bridgehead atoms. The first-order valence-corrected chi connectivity index (χ1v) is 10.0. The Hall–Kier alpha value is -3.86. The Kier molecular flexibility index (Phi) is 7.22. The number of rotatable bonds is 7. The van der Waals surface area contributed by atoms with E-state index in [0.717, 1.165) is 19.3 Å². The number of ether oxygens (including phenoxy) is 1. The minimum atomic E-state index is -0.524. The highest BCUT2D eigenvalue weighted by atomic mass is 16.6. The molecule has 8 heteroatoms. The molecular weight excluding hydrogens is 396 g/mol. The summed E-state index contributed by atoms with van der Waals surface area (Å²) in [4.78, 5) is 25.0. The molecule has 0 spiro atoms. The zero-order chi connectivity index (χ0) is 22.2. The van der Waals surface area contributed by atoms with Gasteiger partial charge in [-0.2, -0.15) is 5.26 Å². The number of carbonyl (C=O) groups is 1. The Balaban J connectivity index is 1.63. The number of nitrogens with one attached hydrogen (secondary N) is 1. The van der Waals surface area contributed by atoms with Crippen LogP contribution < -0.4 is 10.1 Å². The van der Waals surface area contributed by atoms with Crippen LogP contribution in [0, 0.1) is 27.4 Å². The van der Waals surface area contributed by atoms with Crippen molar-refractivity contribution in [2.75, 3.05) is 25.5 Å². The molecular formula is C23H24N4O4. The molecule has 31 heavy (non-hydrogen) atoms. The average molecular weight is 420 g/mol. The maximum absolute atomic E-state index is 12.8. The first-order chi connectivity index (χ1) is 15.0. The predicted molar refractivity (Wildman–Crippen MR) is 116 cm³/mol. The van der Waals surface area contributed by atoms with Crippen LogP contribution in [0.1, 0.15) is 18.4 Å². The van der Waals surface area contributed by atoms with Gasteiger partial charge in [-0.05, 0) is 36.8 Å². The van der Waals surface area contributed by atoms with Gasteiger partial charge in [-0.15, -0.1) is 0 Å². The smallest absolute Gasteiger partial charge is 0.271 e. The molecule has 2 aromatic rings. The third-order valence-electron chi connectivity index (χ3n) is 5.39. The molecule has 1 fully saturated rings. The molecule has 0 aromatic heterocycles. The fraction of sp³-hybridized carbons (Fsp3) is 0.304. The lowest BCUT2D eigenvalue weighted by Gasteiger charge is -2.32. The number of nitriles is 1. The summed E-state index contributed by atoms with van der Waals surface area (Å²) in [5.41, 5.74) is 1.41. The van der Waals surface area contributed by atoms with Crippen molar-refractivity contribution in [1.82, 2.24) is 4.90 Å². The fourth-order valence-corrected chi connectivity index (χ4v) is 3.67. The van der Waals surface area contributed by atoms with Gasteiger partial charge >= 0.3 is 0 Å². The van der Waals surface area contributed by atoms with Crippen molar-refractivity contribution in [2.45, 2.75) is 19.3 Å². The van der Waals surface area contributed by atoms with Gasteiger partial charge in [0.15, 0.2) is 0 Å². The van der Waals surface area contributed by atoms with Gasteiger partial charge in [0.05, 0.1) is 17.7 Å². The molecule has 0 radical (unpaired) electrons. The normalized spacial score (nSPS) is 14.6. The van der Waals surface area contributed by atoms with Gasteiger partial charge in [0.25, 0.3) is 11.6 Å². The largest absolute Gasteiger partial charge is 0.495 e. The van der Waals surface area contributed by atoms with E-state index in [1.165, 1.54) is 37.1 Å². The van der Waals surface area contributed by atoms with Crippen molar-refractivity contribution in [3.05, 3.63) is 76.0 Å². The molecule has 0 atom stereocenters. The van der Waals surface area contributed by atoms with Crippen LogP contribution in [-0.4, -0.2) is 35.9 Å². The van der Waals surface area contributed by atoms with Gasteiger partial charge < -0.3 is 15.0 Å². The summed E-state index contributed by atoms with van der Waals surface area (Å²) in [5.74, 6) is 0.527. The molecule has 0 aliphatic carbocycles. The summed E-state index contributed by atoms with van der Waals surface area (Å²) in [6.07, 6.45) is 4.02. The Bertz CT molecular complexity index is 1010. The number of benzene rings is 2. The van der Waals surface area contributed by atoms with E-state index in [-0.39, 0.29) is 17.2 Å². The van der Waals surface area contributed by atoms with Gasteiger partial charge in [-0.1, -0.05) is 30.3 Å². The molecule has 0 saturated carbocycles. The maximum atomic E-state index is 12.8. The van der Waals surface area contributed by atoms with E-state index in [1.807, 2.05) is 24.3 Å². The Morgan fingerprint density at radius 2 is 2.00 bits per heavy atom. The minimum absolute atomic E-state index is 0.0601. The molecule has 3 rings (SSSR count). The number of amides is 1. The summed E-state index contributed by atoms with van der Waals surface area (Å²) in [5, 5.41) is 23.3. The number of nitro benzene ring substituents is 1. The molecule has 0 unspecified atom stereocenters. The summed E-state index contributed by atoms with van der Waals surface area (Å²) in [6.45, 7) is 1.19. The van der Waals surface area contributed by atoms with E-state index in [0.29, 0.717) is 30.4 Å². The lowest BCUT2D eigenvalue weighted by atomic mass is 9.90. The molecule has 8 nitrogen and oxygen atoms in total. The van der Waals surface area contributed by atoms with Crippen LogP contribution in [0.4, 0.5) is 11.4 Å². The van der Waals surface area contributed by atoms with Gasteiger partial charge in [0.2, 0.25) is 0 Å². The Labute approximate surface area is 180 Å². The quantitative estimate of drug-likeness (QED) is 0.315. The second kappa shape index (κ2) is 10.3. The van der Waals surface area contributed by atoms with E-state index >= 15 is 0 Å². The number of piperidine rings is 1. The van der Waals surface area contributed by atoms with Crippen LogP contribution in [0.3, 0.4) is 0 Å². The Morgan fingerprint density at radius 1 is 1.29 bits per heavy atom. The number of non-ortho nitro benzene ring substituents is 1. The second-order valence-electron chi connectivity index (χ2n) is 7.38. The SMILES string of the molecule is COc1ccc([N+](=O)[O-])cc1N/C=C(/C#N)C(=O)N1CCC(Cc2ccccc2)CC1. The summed E-state index contributed by atoms with van der Waals surface area (Å²) < 4.78 is 5.19. The van der Waals surface area contributed by atoms with Gasteiger partial charge in [-0.25, -0.2) is 0 Å². The van der Waals surface area contributed by atoms with Crippen LogP contribution >= 0.6 is 0 Å². The Morgan fingerprint density at radius 3 is 2.61 bits per heavy atom. The standard InChI is InChI=1S/C23H24N4O4/c1-31-22-8-7-20(27(29)30)14-21(22)25-16-19(15-24)23(28)26-11-9-18(10-12-26)13-17-5-3-2-4-6-17/h2-8,14,16,18,25H,9-13H2,1H3/b19-16-. The maximum Gasteiger partial charge on any atom is 0.271 e. The third kappa shape index (κ3) is 5.60. The molecule has 1 amide bonds. The number of hydrogen-bond donors (Lipinski definition) is 1. The summed E-state index contributed by atoms with van der Waals surface area (Å²) in [7, 11) is 1.44. The van der Waals surface area contributed by atoms with E-state index in [2.05, 4.69) is 17.4 Å². The average Bonchev–Trinajstić information content (AvgIpc) is 2.80. The monoisotopic (exact) mass is 420 g/mol. The second-order valence-corrected chi connectivity index (χ2v) is 7.38. The lowest BCUT2D eigenvalue weighted by Crippen LogP contribution is -2.39. The molecule has 160 valence electrons. The zero-order valence-electron chi connectivity index (χ0n) is 17.3. The lowest BCUT2D eigenvalue weighted by molar-refractivity contribution is -0.384. The van der Waals surface area contributed by atoms with Gasteiger partial charge in [-0.3, -0.25) is 14.9 Å². The van der Waals surface area contributed by atoms with E-state index in [4.69, 9.17) is 4.74 Å². The van der Waals surface area contributed by atoms with Crippen molar-refractivity contribution in [3.8, 4) is 11.8 Å². The number of nitrogens with zero attached hydrogens (tertiary/aromatic N) is 3. The van der Waals surface area contributed by atoms with Gasteiger partial charge in [0.1, 0.15) is 17.4 Å². The van der Waals surface area contributed by atoms with Crippen molar-refractivity contribution in [3.63, 3.8) is 0 Å². The van der Waals surface area contributed by atoms with Crippen LogP contribution in [0.25, 0.3) is 0 Å². The highest BCUT2D eigenvalue weighted by Gasteiger charge is 2.25. The topological polar surface area (TPSA) is 108 Å². The summed E-state index contributed by atoms with van der Waals surface area (Å²) >= 11 is 0. The highest BCUT2D eigenvalue weighted by Crippen LogP contribution is 2.29. The predicted octanol–water partition coefficient (Wildman–Crippen LogP) is 3.90. The van der Waals surface area contributed by atoms with E-state index < -0.39 is 4.92 Å². The number of carbonyl (C=O) groups excluding carboxylic acids is 1. The highest BCUT2D eigenvalue weighted by molar-refractivity contribution is 5.97. The third-order valence-corrected chi connectivity index (χ3v) is 5.39. The number of hydrogen-bond acceptors (Lipinski definition) is 6. The van der Waals surface area contributed by atoms with Gasteiger partial charge in [0, 0.05) is 31.4 Å². The van der Waals surface area contributed by atoms with E-state index in [1.54, 1.807) is 4.90 Å². The van der Waals surface area contributed by atoms with Crippen molar-refractivity contribution in [1.29, 1.82) is 5.26 Å². The molecule has 1 N–H and O–H groups in total. The van der Waals surface area contributed by atoms with Crippen molar-refractivity contribution < 1.29 is 14.5 Å². The van der Waals surface area contributed by atoms with E-state index in [9.17, 15) is 20.2 Å². The number of methoxy groups -OCH3 is 1. The minimum Gasteiger partial charge on any atom is -0.495 e. The number of anilines is 1. The van der Waals surface area contributed by atoms with Crippen LogP contribution in [-0.2, 0) is 11.2 Å². The number of likely N-dealkylation sites (tertiary alicyclic amines) is 1. The zero-order valence-corrected chi connectivity index (χ0v) is 17.3. The number of nitro groups is 1.